The molecule has 16 heavy (non-hydrogen) atoms. The van der Waals surface area contributed by atoms with Gasteiger partial charge in [-0.1, -0.05) is 12.1 Å². The second-order valence-corrected chi connectivity index (χ2v) is 4.77. The second kappa shape index (κ2) is 3.58. The van der Waals surface area contributed by atoms with Crippen LogP contribution in [0.15, 0.2) is 18.2 Å². The molecule has 1 fully saturated rings. The van der Waals surface area contributed by atoms with Crippen LogP contribution in [0.1, 0.15) is 30.4 Å². The molecule has 0 bridgehead atoms. The molecule has 1 aliphatic heterocycles. The highest BCUT2D eigenvalue weighted by Gasteiger charge is 2.30. The van der Waals surface area contributed by atoms with E-state index in [4.69, 9.17) is 0 Å². The SMILES string of the molecule is O=C(CC1CC1)N1Cc2cccc(F)c2C1. The fourth-order valence-electron chi connectivity index (χ4n) is 2.26. The smallest absolute Gasteiger partial charge is 0.223 e. The molecule has 0 N–H and O–H groups in total. The third-order valence-corrected chi connectivity index (χ3v) is 3.44. The van der Waals surface area contributed by atoms with Crippen molar-refractivity contribution < 1.29 is 9.18 Å². The van der Waals surface area contributed by atoms with Crippen molar-refractivity contribution in [2.45, 2.75) is 32.4 Å². The van der Waals surface area contributed by atoms with E-state index in [0.29, 0.717) is 31.0 Å². The van der Waals surface area contributed by atoms with Crippen molar-refractivity contribution in [2.24, 2.45) is 5.92 Å². The van der Waals surface area contributed by atoms with Gasteiger partial charge >= 0.3 is 0 Å². The highest BCUT2D eigenvalue weighted by Crippen LogP contribution is 2.34. The molecule has 2 aliphatic rings. The zero-order valence-corrected chi connectivity index (χ0v) is 9.08. The predicted octanol–water partition coefficient (Wildman–Crippen LogP) is 2.47. The Morgan fingerprint density at radius 1 is 1.38 bits per heavy atom. The summed E-state index contributed by atoms with van der Waals surface area (Å²) in [6.45, 7) is 1.03. The lowest BCUT2D eigenvalue weighted by Crippen LogP contribution is -2.25. The van der Waals surface area contributed by atoms with Crippen LogP contribution in [0.2, 0.25) is 0 Å². The van der Waals surface area contributed by atoms with Crippen LogP contribution in [0.4, 0.5) is 4.39 Å². The number of hydrogen-bond donors (Lipinski definition) is 0. The molecule has 0 radical (unpaired) electrons. The second-order valence-electron chi connectivity index (χ2n) is 4.77. The summed E-state index contributed by atoms with van der Waals surface area (Å²) in [6, 6.07) is 5.08. The van der Waals surface area contributed by atoms with E-state index >= 15 is 0 Å². The van der Waals surface area contributed by atoms with Gasteiger partial charge in [-0.05, 0) is 30.4 Å². The molecule has 0 saturated heterocycles. The van der Waals surface area contributed by atoms with Crippen molar-refractivity contribution in [3.63, 3.8) is 0 Å². The maximum absolute atomic E-state index is 13.5. The number of nitrogens with zero attached hydrogens (tertiary/aromatic N) is 1. The van der Waals surface area contributed by atoms with Crippen LogP contribution in [-0.2, 0) is 17.9 Å². The summed E-state index contributed by atoms with van der Waals surface area (Å²) in [5.74, 6) is 0.596. The Morgan fingerprint density at radius 2 is 2.19 bits per heavy atom. The molecule has 0 atom stereocenters. The summed E-state index contributed by atoms with van der Waals surface area (Å²) < 4.78 is 13.5. The Hall–Kier alpha value is -1.38. The Balaban J connectivity index is 1.74. The number of carbonyl (C=O) groups is 1. The normalized spacial score (nSPS) is 18.7. The Kier molecular flexibility index (Phi) is 2.20. The summed E-state index contributed by atoms with van der Waals surface area (Å²) in [7, 11) is 0. The van der Waals surface area contributed by atoms with Crippen LogP contribution < -0.4 is 0 Å². The first kappa shape index (κ1) is 9.82. The van der Waals surface area contributed by atoms with Gasteiger partial charge in [0.1, 0.15) is 5.82 Å². The number of carbonyl (C=O) groups excluding carboxylic acids is 1. The first-order chi connectivity index (χ1) is 7.74. The predicted molar refractivity (Wildman–Crippen MR) is 58.0 cm³/mol. The Bertz CT molecular complexity index is 440. The topological polar surface area (TPSA) is 20.3 Å². The van der Waals surface area contributed by atoms with E-state index in [0.717, 1.165) is 5.56 Å². The van der Waals surface area contributed by atoms with Gasteiger partial charge < -0.3 is 4.90 Å². The zero-order chi connectivity index (χ0) is 11.1. The number of halogens is 1. The molecule has 1 amide bonds. The third kappa shape index (κ3) is 1.70. The lowest BCUT2D eigenvalue weighted by Gasteiger charge is -2.14. The van der Waals surface area contributed by atoms with Gasteiger partial charge in [0, 0.05) is 25.1 Å². The molecule has 3 heteroatoms. The summed E-state index contributed by atoms with van der Waals surface area (Å²) in [4.78, 5) is 13.6. The number of fused-ring (bicyclic) bond motifs is 1. The highest BCUT2D eigenvalue weighted by atomic mass is 19.1. The molecular formula is C13H14FNO. The van der Waals surface area contributed by atoms with Gasteiger partial charge in [-0.15, -0.1) is 0 Å². The molecule has 2 nitrogen and oxygen atoms in total. The number of benzene rings is 1. The van der Waals surface area contributed by atoms with Gasteiger partial charge in [-0.25, -0.2) is 4.39 Å². The number of amides is 1. The molecule has 84 valence electrons. The third-order valence-electron chi connectivity index (χ3n) is 3.44. The molecule has 0 aromatic heterocycles. The van der Waals surface area contributed by atoms with Crippen molar-refractivity contribution in [1.29, 1.82) is 0 Å². The molecule has 0 unspecified atom stereocenters. The molecule has 1 aromatic rings. The van der Waals surface area contributed by atoms with Crippen molar-refractivity contribution in [1.82, 2.24) is 4.90 Å². The molecular weight excluding hydrogens is 205 g/mol. The van der Waals surface area contributed by atoms with E-state index in [9.17, 15) is 9.18 Å². The van der Waals surface area contributed by atoms with E-state index in [1.165, 1.54) is 18.9 Å². The molecule has 0 spiro atoms. The summed E-state index contributed by atoms with van der Waals surface area (Å²) in [6.07, 6.45) is 3.01. The van der Waals surface area contributed by atoms with Crippen molar-refractivity contribution in [3.8, 4) is 0 Å². The molecule has 1 aliphatic carbocycles. The summed E-state index contributed by atoms with van der Waals surface area (Å²) in [5.41, 5.74) is 1.66. The van der Waals surface area contributed by atoms with Crippen LogP contribution >= 0.6 is 0 Å². The summed E-state index contributed by atoms with van der Waals surface area (Å²) >= 11 is 0. The number of hydrogen-bond acceptors (Lipinski definition) is 1. The molecule has 1 saturated carbocycles. The maximum Gasteiger partial charge on any atom is 0.223 e. The quantitative estimate of drug-likeness (QED) is 0.748. The van der Waals surface area contributed by atoms with Crippen molar-refractivity contribution >= 4 is 5.91 Å². The average molecular weight is 219 g/mol. The van der Waals surface area contributed by atoms with E-state index < -0.39 is 0 Å². The van der Waals surface area contributed by atoms with Crippen LogP contribution in [0.3, 0.4) is 0 Å². The van der Waals surface area contributed by atoms with E-state index in [2.05, 4.69) is 0 Å². The van der Waals surface area contributed by atoms with Gasteiger partial charge in [0.15, 0.2) is 0 Å². The zero-order valence-electron chi connectivity index (χ0n) is 9.08. The van der Waals surface area contributed by atoms with Crippen molar-refractivity contribution in [3.05, 3.63) is 35.1 Å². The van der Waals surface area contributed by atoms with Crippen molar-refractivity contribution in [2.75, 3.05) is 0 Å². The fraction of sp³-hybridized carbons (Fsp3) is 0.462. The first-order valence-electron chi connectivity index (χ1n) is 5.78. The summed E-state index contributed by atoms with van der Waals surface area (Å²) in [5, 5.41) is 0. The van der Waals surface area contributed by atoms with E-state index in [1.54, 1.807) is 11.0 Å². The lowest BCUT2D eigenvalue weighted by molar-refractivity contribution is -0.132. The maximum atomic E-state index is 13.5. The van der Waals surface area contributed by atoms with Gasteiger partial charge in [0.05, 0.1) is 0 Å². The Labute approximate surface area is 94.1 Å². The van der Waals surface area contributed by atoms with Gasteiger partial charge in [0.25, 0.3) is 0 Å². The van der Waals surface area contributed by atoms with E-state index in [-0.39, 0.29) is 11.7 Å². The molecule has 1 heterocycles. The van der Waals surface area contributed by atoms with Gasteiger partial charge in [-0.3, -0.25) is 4.79 Å². The van der Waals surface area contributed by atoms with Gasteiger partial charge in [-0.2, -0.15) is 0 Å². The minimum absolute atomic E-state index is 0.179. The van der Waals surface area contributed by atoms with Crippen LogP contribution in [0.25, 0.3) is 0 Å². The molecule has 3 rings (SSSR count). The number of rotatable bonds is 2. The highest BCUT2D eigenvalue weighted by molar-refractivity contribution is 5.77. The minimum atomic E-state index is -0.181. The average Bonchev–Trinajstić information content (AvgIpc) is 2.95. The molecule has 1 aromatic carbocycles. The Morgan fingerprint density at radius 3 is 2.88 bits per heavy atom. The fourth-order valence-corrected chi connectivity index (χ4v) is 2.26. The monoisotopic (exact) mass is 219 g/mol. The standard InChI is InChI=1S/C13H14FNO/c14-12-3-1-2-10-7-15(8-11(10)12)13(16)6-9-4-5-9/h1-3,9H,4-8H2. The largest absolute Gasteiger partial charge is 0.334 e. The van der Waals surface area contributed by atoms with Crippen LogP contribution in [0.5, 0.6) is 0 Å². The first-order valence-corrected chi connectivity index (χ1v) is 5.78. The van der Waals surface area contributed by atoms with E-state index in [1.807, 2.05) is 6.07 Å². The van der Waals surface area contributed by atoms with Crippen LogP contribution in [0, 0.1) is 11.7 Å². The lowest BCUT2D eigenvalue weighted by atomic mass is 10.1. The van der Waals surface area contributed by atoms with Crippen LogP contribution in [-0.4, -0.2) is 10.8 Å². The minimum Gasteiger partial charge on any atom is -0.334 e. The van der Waals surface area contributed by atoms with Gasteiger partial charge in [0.2, 0.25) is 5.91 Å².